The minimum Gasteiger partial charge on any atom is -0.469 e. The summed E-state index contributed by atoms with van der Waals surface area (Å²) in [6.07, 6.45) is 5.44. The highest BCUT2D eigenvalue weighted by atomic mass is 16.5. The molecule has 2 bridgehead atoms. The van der Waals surface area contributed by atoms with Crippen molar-refractivity contribution < 1.29 is 14.3 Å². The molecule has 5 nitrogen and oxygen atoms in total. The highest BCUT2D eigenvalue weighted by molar-refractivity contribution is 5.80. The van der Waals surface area contributed by atoms with Crippen molar-refractivity contribution in [2.45, 2.75) is 55.2 Å². The van der Waals surface area contributed by atoms with Crippen LogP contribution in [0.2, 0.25) is 0 Å². The van der Waals surface area contributed by atoms with Gasteiger partial charge in [-0.2, -0.15) is 0 Å². The van der Waals surface area contributed by atoms with Crippen molar-refractivity contribution in [3.05, 3.63) is 29.8 Å². The molecule has 0 radical (unpaired) electrons. The van der Waals surface area contributed by atoms with Crippen LogP contribution in [-0.4, -0.2) is 55.9 Å². The predicted molar refractivity (Wildman–Crippen MR) is 102 cm³/mol. The topological polar surface area (TPSA) is 50.8 Å². The van der Waals surface area contributed by atoms with Crippen LogP contribution in [0.1, 0.15) is 37.7 Å². The lowest BCUT2D eigenvalue weighted by molar-refractivity contribution is -0.201. The number of methoxy groups -OCH3 is 2. The number of carbonyl (C=O) groups excluding carboxylic acids is 1. The normalized spacial score (nSPS) is 46.4. The van der Waals surface area contributed by atoms with E-state index in [0.29, 0.717) is 6.04 Å². The molecule has 0 amide bonds. The van der Waals surface area contributed by atoms with Crippen LogP contribution in [0.3, 0.4) is 0 Å². The number of anilines is 1. The summed E-state index contributed by atoms with van der Waals surface area (Å²) in [6, 6.07) is 9.23. The van der Waals surface area contributed by atoms with Crippen LogP contribution in [-0.2, 0) is 19.7 Å². The fourth-order valence-corrected chi connectivity index (χ4v) is 8.33. The van der Waals surface area contributed by atoms with E-state index in [1.165, 1.54) is 11.3 Å². The quantitative estimate of drug-likeness (QED) is 0.813. The largest absolute Gasteiger partial charge is 0.469 e. The number of nitrogens with zero attached hydrogens (tertiary/aromatic N) is 1. The number of esters is 1. The van der Waals surface area contributed by atoms with Crippen LogP contribution >= 0.6 is 0 Å². The minimum atomic E-state index is -0.222. The first kappa shape index (κ1) is 16.4. The van der Waals surface area contributed by atoms with Gasteiger partial charge in [-0.1, -0.05) is 18.2 Å². The third kappa shape index (κ3) is 1.57. The average Bonchev–Trinajstić information content (AvgIpc) is 3.25. The van der Waals surface area contributed by atoms with Crippen molar-refractivity contribution in [1.29, 1.82) is 0 Å². The lowest BCUT2D eigenvalue weighted by atomic mass is 9.38. The molecule has 1 aromatic rings. The van der Waals surface area contributed by atoms with Gasteiger partial charge < -0.3 is 14.8 Å². The number of ether oxygens (including phenoxy) is 2. The summed E-state index contributed by atoms with van der Waals surface area (Å²) in [4.78, 5) is 15.8. The van der Waals surface area contributed by atoms with E-state index in [1.807, 2.05) is 7.11 Å². The standard InChI is InChI=1S/C22H28N2O3/c1-26-17-7-11-24-12-10-21-14-5-3-4-6-16(14)23-22(21)9-8-20(17,19(21)24)13-15(22)18(25)27-2/h3-6,15,17,19,23H,7-13H2,1-2H3/t15-,17+,19-,20+,21-,22+/m0/s1. The van der Waals surface area contributed by atoms with Crippen LogP contribution in [0.25, 0.3) is 0 Å². The first-order valence-corrected chi connectivity index (χ1v) is 10.4. The predicted octanol–water partition coefficient (Wildman–Crippen LogP) is 2.55. The molecule has 0 aromatic heterocycles. The highest BCUT2D eigenvalue weighted by Gasteiger charge is 2.80. The third-order valence-electron chi connectivity index (χ3n) is 8.99. The van der Waals surface area contributed by atoms with Gasteiger partial charge in [0.25, 0.3) is 0 Å². The zero-order chi connectivity index (χ0) is 18.4. The van der Waals surface area contributed by atoms with Crippen molar-refractivity contribution in [3.63, 3.8) is 0 Å². The van der Waals surface area contributed by atoms with Gasteiger partial charge in [0.15, 0.2) is 0 Å². The number of carbonyl (C=O) groups is 1. The summed E-state index contributed by atoms with van der Waals surface area (Å²) in [5.41, 5.74) is 2.46. The first-order valence-electron chi connectivity index (χ1n) is 10.4. The Hall–Kier alpha value is -1.59. The molecule has 6 atom stereocenters. The van der Waals surface area contributed by atoms with E-state index >= 15 is 0 Å². The Balaban J connectivity index is 1.64. The second-order valence-electron chi connectivity index (χ2n) is 9.33. The molecule has 3 aliphatic heterocycles. The number of fused-ring (bicyclic) bond motifs is 3. The van der Waals surface area contributed by atoms with Crippen molar-refractivity contribution in [2.75, 3.05) is 32.6 Å². The molecule has 3 spiro atoms. The number of benzene rings is 1. The van der Waals surface area contributed by atoms with Gasteiger partial charge in [0, 0.05) is 36.2 Å². The highest BCUT2D eigenvalue weighted by Crippen LogP contribution is 2.74. The van der Waals surface area contributed by atoms with Crippen LogP contribution in [0, 0.1) is 11.3 Å². The van der Waals surface area contributed by atoms with Crippen LogP contribution in [0.5, 0.6) is 0 Å². The Morgan fingerprint density at radius 1 is 1.19 bits per heavy atom. The fourth-order valence-electron chi connectivity index (χ4n) is 8.33. The second-order valence-corrected chi connectivity index (χ2v) is 9.33. The molecule has 27 heavy (non-hydrogen) atoms. The summed E-state index contributed by atoms with van der Waals surface area (Å²) in [6.45, 7) is 2.22. The molecule has 7 rings (SSSR count). The van der Waals surface area contributed by atoms with Crippen LogP contribution < -0.4 is 5.32 Å². The SMILES string of the molecule is COC(=O)[C@@H]1C[C@]23CC[C@@]14Nc1ccccc1[C@]41CCN(CC[C@H]2OC)[C@@H]31. The molecule has 144 valence electrons. The Morgan fingerprint density at radius 3 is 2.85 bits per heavy atom. The third-order valence-corrected chi connectivity index (χ3v) is 8.99. The van der Waals surface area contributed by atoms with Gasteiger partial charge in [-0.05, 0) is 50.3 Å². The maximum atomic E-state index is 13.1. The Bertz CT molecular complexity index is 828. The molecular weight excluding hydrogens is 340 g/mol. The maximum absolute atomic E-state index is 13.1. The lowest BCUT2D eigenvalue weighted by Gasteiger charge is -2.70. The van der Waals surface area contributed by atoms with E-state index in [0.717, 1.165) is 45.2 Å². The van der Waals surface area contributed by atoms with E-state index < -0.39 is 0 Å². The summed E-state index contributed by atoms with van der Waals surface area (Å²) < 4.78 is 11.5. The van der Waals surface area contributed by atoms with Gasteiger partial charge >= 0.3 is 5.97 Å². The minimum absolute atomic E-state index is 0.0177. The average molecular weight is 368 g/mol. The molecule has 5 heteroatoms. The van der Waals surface area contributed by atoms with Crippen LogP contribution in [0.15, 0.2) is 24.3 Å². The second kappa shape index (κ2) is 5.06. The zero-order valence-corrected chi connectivity index (χ0v) is 16.2. The first-order chi connectivity index (χ1) is 13.1. The molecular formula is C22H28N2O3. The van der Waals surface area contributed by atoms with Crippen molar-refractivity contribution in [3.8, 4) is 0 Å². The van der Waals surface area contributed by atoms with Gasteiger partial charge in [0.1, 0.15) is 0 Å². The Labute approximate surface area is 160 Å². The number of nitrogens with one attached hydrogen (secondary N) is 1. The maximum Gasteiger partial charge on any atom is 0.311 e. The van der Waals surface area contributed by atoms with Gasteiger partial charge in [-0.3, -0.25) is 9.69 Å². The zero-order valence-electron chi connectivity index (χ0n) is 16.2. The number of rotatable bonds is 2. The Morgan fingerprint density at radius 2 is 2.04 bits per heavy atom. The van der Waals surface area contributed by atoms with Crippen LogP contribution in [0.4, 0.5) is 5.69 Å². The van der Waals surface area contributed by atoms with E-state index in [9.17, 15) is 4.79 Å². The summed E-state index contributed by atoms with van der Waals surface area (Å²) >= 11 is 0. The summed E-state index contributed by atoms with van der Waals surface area (Å²) in [5, 5.41) is 3.92. The van der Waals surface area contributed by atoms with Gasteiger partial charge in [0.05, 0.1) is 24.7 Å². The number of hydrogen-bond acceptors (Lipinski definition) is 5. The molecule has 0 unspecified atom stereocenters. The number of piperidine rings is 1. The molecule has 2 saturated heterocycles. The van der Waals surface area contributed by atoms with Gasteiger partial charge in [-0.15, -0.1) is 0 Å². The molecule has 3 aliphatic carbocycles. The molecule has 5 fully saturated rings. The van der Waals surface area contributed by atoms with Crippen molar-refractivity contribution >= 4 is 11.7 Å². The van der Waals surface area contributed by atoms with E-state index in [2.05, 4.69) is 34.5 Å². The van der Waals surface area contributed by atoms with E-state index in [-0.39, 0.29) is 34.4 Å². The molecule has 3 heterocycles. The smallest absolute Gasteiger partial charge is 0.311 e. The summed E-state index contributed by atoms with van der Waals surface area (Å²) in [7, 11) is 3.40. The monoisotopic (exact) mass is 368 g/mol. The lowest BCUT2D eigenvalue weighted by Crippen LogP contribution is -2.79. The number of hydrogen-bond donors (Lipinski definition) is 1. The molecule has 1 N–H and O–H groups in total. The summed E-state index contributed by atoms with van der Waals surface area (Å²) in [5.74, 6) is -0.165. The molecule has 3 saturated carbocycles. The van der Waals surface area contributed by atoms with E-state index in [1.54, 1.807) is 7.11 Å². The molecule has 6 aliphatic rings. The fraction of sp³-hybridized carbons (Fsp3) is 0.682. The number of para-hydroxylation sites is 1. The Kier molecular flexibility index (Phi) is 3.07. The van der Waals surface area contributed by atoms with E-state index in [4.69, 9.17) is 9.47 Å². The van der Waals surface area contributed by atoms with Gasteiger partial charge in [-0.25, -0.2) is 0 Å². The van der Waals surface area contributed by atoms with Crippen molar-refractivity contribution in [2.24, 2.45) is 11.3 Å². The molecule has 1 aromatic carbocycles. The van der Waals surface area contributed by atoms with Gasteiger partial charge in [0.2, 0.25) is 0 Å². The van der Waals surface area contributed by atoms with Crippen molar-refractivity contribution in [1.82, 2.24) is 4.90 Å².